The Morgan fingerprint density at radius 1 is 1.47 bits per heavy atom. The maximum Gasteiger partial charge on any atom is 0.0900 e. The lowest BCUT2D eigenvalue weighted by Crippen LogP contribution is -2.22. The van der Waals surface area contributed by atoms with E-state index >= 15 is 0 Å². The van der Waals surface area contributed by atoms with Gasteiger partial charge in [-0.2, -0.15) is 5.10 Å². The van der Waals surface area contributed by atoms with Gasteiger partial charge in [0, 0.05) is 6.54 Å². The molecule has 0 amide bonds. The highest BCUT2D eigenvalue weighted by Gasteiger charge is 2.20. The van der Waals surface area contributed by atoms with Crippen LogP contribution in [0.5, 0.6) is 0 Å². The van der Waals surface area contributed by atoms with Crippen LogP contribution in [0.2, 0.25) is 0 Å². The van der Waals surface area contributed by atoms with Gasteiger partial charge in [0.15, 0.2) is 0 Å². The topological polar surface area (TPSA) is 59.6 Å². The van der Waals surface area contributed by atoms with E-state index in [-0.39, 0.29) is 6.10 Å². The average molecular weight is 330 g/mol. The molecule has 1 aromatic heterocycles. The zero-order valence-corrected chi connectivity index (χ0v) is 13.0. The van der Waals surface area contributed by atoms with Crippen LogP contribution in [-0.2, 0) is 17.9 Å². The molecule has 1 aliphatic carbocycles. The fourth-order valence-corrected chi connectivity index (χ4v) is 2.79. The lowest BCUT2D eigenvalue weighted by atomic mass is 9.96. The Kier molecular flexibility index (Phi) is 4.99. The second-order valence-electron chi connectivity index (χ2n) is 4.84. The van der Waals surface area contributed by atoms with Crippen LogP contribution in [0.1, 0.15) is 44.0 Å². The molecule has 6 heteroatoms. The van der Waals surface area contributed by atoms with E-state index in [1.165, 1.54) is 0 Å². The number of ether oxygens (including phenoxy) is 1. The Morgan fingerprint density at radius 2 is 2.16 bits per heavy atom. The van der Waals surface area contributed by atoms with Crippen molar-refractivity contribution in [3.8, 4) is 0 Å². The first-order valence-electron chi connectivity index (χ1n) is 6.68. The zero-order chi connectivity index (χ0) is 13.8. The number of nitrogens with zero attached hydrogens (tertiary/aromatic N) is 3. The molecule has 1 N–H and O–H groups in total. The van der Waals surface area contributed by atoms with Crippen molar-refractivity contribution in [1.29, 1.82) is 0 Å². The molecule has 2 rings (SSSR count). The standard InChI is InChI=1S/C13H20BrN3O2/c1-3-17-12(13(14)9(2)15-17)8-19-11-6-4-10(16-18)5-7-11/h11,18H,3-8H2,1-2H3. The van der Waals surface area contributed by atoms with Gasteiger partial charge in [0.2, 0.25) is 0 Å². The monoisotopic (exact) mass is 329 g/mol. The first kappa shape index (κ1) is 14.5. The smallest absolute Gasteiger partial charge is 0.0900 e. The summed E-state index contributed by atoms with van der Waals surface area (Å²) in [5, 5.41) is 16.5. The fraction of sp³-hybridized carbons (Fsp3) is 0.692. The van der Waals surface area contributed by atoms with Crippen LogP contribution in [0.25, 0.3) is 0 Å². The Bertz CT molecular complexity index is 461. The second kappa shape index (κ2) is 6.52. The molecule has 0 saturated heterocycles. The zero-order valence-electron chi connectivity index (χ0n) is 11.4. The first-order chi connectivity index (χ1) is 9.15. The van der Waals surface area contributed by atoms with Crippen LogP contribution in [-0.4, -0.2) is 26.8 Å². The molecule has 0 spiro atoms. The highest BCUT2D eigenvalue weighted by atomic mass is 79.9. The van der Waals surface area contributed by atoms with Gasteiger partial charge in [0.1, 0.15) is 0 Å². The predicted molar refractivity (Wildman–Crippen MR) is 76.6 cm³/mol. The van der Waals surface area contributed by atoms with Gasteiger partial charge in [-0.25, -0.2) is 0 Å². The summed E-state index contributed by atoms with van der Waals surface area (Å²) in [4.78, 5) is 0. The highest BCUT2D eigenvalue weighted by molar-refractivity contribution is 9.10. The van der Waals surface area contributed by atoms with E-state index in [0.29, 0.717) is 6.61 Å². The normalized spacial score (nSPS) is 19.7. The lowest BCUT2D eigenvalue weighted by molar-refractivity contribution is 0.0238. The van der Waals surface area contributed by atoms with Crippen molar-refractivity contribution in [3.63, 3.8) is 0 Å². The van der Waals surface area contributed by atoms with Gasteiger partial charge in [0.25, 0.3) is 0 Å². The third kappa shape index (κ3) is 3.36. The predicted octanol–water partition coefficient (Wildman–Crippen LogP) is 3.26. The minimum atomic E-state index is 0.248. The van der Waals surface area contributed by atoms with E-state index in [2.05, 4.69) is 33.1 Å². The molecule has 19 heavy (non-hydrogen) atoms. The lowest BCUT2D eigenvalue weighted by Gasteiger charge is -2.22. The van der Waals surface area contributed by atoms with Crippen molar-refractivity contribution in [2.24, 2.45) is 5.16 Å². The summed E-state index contributed by atoms with van der Waals surface area (Å²) in [5.41, 5.74) is 2.98. The molecule has 1 aromatic rings. The number of oxime groups is 1. The van der Waals surface area contributed by atoms with Gasteiger partial charge >= 0.3 is 0 Å². The number of hydrogen-bond acceptors (Lipinski definition) is 4. The molecule has 0 atom stereocenters. The molecule has 1 saturated carbocycles. The van der Waals surface area contributed by atoms with Crippen molar-refractivity contribution >= 4 is 21.6 Å². The molecule has 1 fully saturated rings. The van der Waals surface area contributed by atoms with Gasteiger partial charge in [-0.1, -0.05) is 5.16 Å². The third-order valence-corrected chi connectivity index (χ3v) is 4.59. The summed E-state index contributed by atoms with van der Waals surface area (Å²) in [6, 6.07) is 0. The van der Waals surface area contributed by atoms with E-state index in [9.17, 15) is 0 Å². The fourth-order valence-electron chi connectivity index (χ4n) is 2.39. The maximum atomic E-state index is 8.72. The van der Waals surface area contributed by atoms with Crippen molar-refractivity contribution in [1.82, 2.24) is 9.78 Å². The molecule has 1 heterocycles. The first-order valence-corrected chi connectivity index (χ1v) is 7.48. The summed E-state index contributed by atoms with van der Waals surface area (Å²) in [6.07, 6.45) is 3.76. The van der Waals surface area contributed by atoms with Gasteiger partial charge < -0.3 is 9.94 Å². The highest BCUT2D eigenvalue weighted by Crippen LogP contribution is 2.25. The number of halogens is 1. The van der Waals surface area contributed by atoms with Gasteiger partial charge in [0.05, 0.1) is 34.3 Å². The molecule has 1 aliphatic rings. The maximum absolute atomic E-state index is 8.72. The molecule has 0 radical (unpaired) electrons. The summed E-state index contributed by atoms with van der Waals surface area (Å²) in [5.74, 6) is 0. The van der Waals surface area contributed by atoms with E-state index in [1.54, 1.807) is 0 Å². The number of aryl methyl sites for hydroxylation is 2. The summed E-state index contributed by atoms with van der Waals surface area (Å²) >= 11 is 3.57. The average Bonchev–Trinajstić information content (AvgIpc) is 2.72. The molecular weight excluding hydrogens is 310 g/mol. The van der Waals surface area contributed by atoms with Crippen LogP contribution in [0.4, 0.5) is 0 Å². The number of aromatic nitrogens is 2. The number of hydrogen-bond donors (Lipinski definition) is 1. The Labute approximate surface area is 121 Å². The van der Waals surface area contributed by atoms with Crippen LogP contribution < -0.4 is 0 Å². The Morgan fingerprint density at radius 3 is 2.74 bits per heavy atom. The van der Waals surface area contributed by atoms with Crippen molar-refractivity contribution in [3.05, 3.63) is 15.9 Å². The second-order valence-corrected chi connectivity index (χ2v) is 5.63. The SMILES string of the molecule is CCn1nc(C)c(Br)c1COC1CCC(=NO)CC1. The van der Waals surface area contributed by atoms with Gasteiger partial charge in [-0.15, -0.1) is 0 Å². The van der Waals surface area contributed by atoms with E-state index < -0.39 is 0 Å². The number of rotatable bonds is 4. The van der Waals surface area contributed by atoms with E-state index in [1.807, 2.05) is 11.6 Å². The third-order valence-electron chi connectivity index (χ3n) is 3.56. The largest absolute Gasteiger partial charge is 0.411 e. The van der Waals surface area contributed by atoms with Crippen LogP contribution >= 0.6 is 15.9 Å². The molecule has 106 valence electrons. The molecule has 0 aromatic carbocycles. The molecular formula is C13H20BrN3O2. The molecule has 0 aliphatic heterocycles. The van der Waals surface area contributed by atoms with Crippen LogP contribution in [0.3, 0.4) is 0 Å². The van der Waals surface area contributed by atoms with Crippen LogP contribution in [0, 0.1) is 6.92 Å². The summed E-state index contributed by atoms with van der Waals surface area (Å²) in [6.45, 7) is 5.49. The van der Waals surface area contributed by atoms with E-state index in [4.69, 9.17) is 9.94 Å². The van der Waals surface area contributed by atoms with E-state index in [0.717, 1.165) is 53.8 Å². The van der Waals surface area contributed by atoms with Crippen molar-refractivity contribution in [2.75, 3.05) is 0 Å². The Hall–Kier alpha value is -0.880. The Balaban J connectivity index is 1.93. The van der Waals surface area contributed by atoms with Gasteiger partial charge in [-0.05, 0) is 55.5 Å². The summed E-state index contributed by atoms with van der Waals surface area (Å²) in [7, 11) is 0. The summed E-state index contributed by atoms with van der Waals surface area (Å²) < 4.78 is 8.99. The minimum absolute atomic E-state index is 0.248. The molecule has 0 bridgehead atoms. The van der Waals surface area contributed by atoms with Gasteiger partial charge in [-0.3, -0.25) is 4.68 Å². The minimum Gasteiger partial charge on any atom is -0.411 e. The molecule has 5 nitrogen and oxygen atoms in total. The van der Waals surface area contributed by atoms with Crippen LogP contribution in [0.15, 0.2) is 9.63 Å². The van der Waals surface area contributed by atoms with Crippen molar-refractivity contribution in [2.45, 2.75) is 58.8 Å². The van der Waals surface area contributed by atoms with Crippen molar-refractivity contribution < 1.29 is 9.94 Å². The molecule has 0 unspecified atom stereocenters. The quantitative estimate of drug-likeness (QED) is 0.681.